The number of aromatic nitrogens is 1. The molecule has 0 aliphatic heterocycles. The van der Waals surface area contributed by atoms with Crippen LogP contribution in [0.15, 0.2) is 18.2 Å². The summed E-state index contributed by atoms with van der Waals surface area (Å²) in [5.74, 6) is 0.801. The van der Waals surface area contributed by atoms with Crippen molar-refractivity contribution in [2.75, 3.05) is 32.7 Å². The highest BCUT2D eigenvalue weighted by atomic mass is 32.1. The van der Waals surface area contributed by atoms with Crippen LogP contribution in [0.4, 0.5) is 5.13 Å². The van der Waals surface area contributed by atoms with Crippen molar-refractivity contribution in [3.05, 3.63) is 34.3 Å². The third-order valence-corrected chi connectivity index (χ3v) is 9.76. The summed E-state index contributed by atoms with van der Waals surface area (Å²) in [5, 5.41) is 27.7. The zero-order valence-electron chi connectivity index (χ0n) is 22.8. The van der Waals surface area contributed by atoms with E-state index in [-0.39, 0.29) is 42.1 Å². The molecule has 1 heterocycles. The molecule has 0 spiro atoms. The smallest absolute Gasteiger partial charge is 0.223 e. The summed E-state index contributed by atoms with van der Waals surface area (Å²) in [7, 11) is 3.19. The Hall–Kier alpha value is -2.69. The van der Waals surface area contributed by atoms with Gasteiger partial charge in [0.1, 0.15) is 0 Å². The Morgan fingerprint density at radius 1 is 1.21 bits per heavy atom. The molecule has 38 heavy (non-hydrogen) atoms. The number of benzene rings is 1. The average Bonchev–Trinajstić information content (AvgIpc) is 3.28. The minimum absolute atomic E-state index is 0.0357. The van der Waals surface area contributed by atoms with Gasteiger partial charge in [-0.2, -0.15) is 0 Å². The molecule has 5 atom stereocenters. The van der Waals surface area contributed by atoms with Crippen molar-refractivity contribution in [2.45, 2.75) is 64.9 Å². The predicted molar refractivity (Wildman–Crippen MR) is 146 cm³/mol. The number of hydrogen-bond donors (Lipinski definition) is 4. The Bertz CT molecular complexity index is 1190. The molecule has 4 rings (SSSR count). The lowest BCUT2D eigenvalue weighted by Crippen LogP contribution is -2.57. The third kappa shape index (κ3) is 5.26. The van der Waals surface area contributed by atoms with Gasteiger partial charge in [0.15, 0.2) is 16.6 Å². The van der Waals surface area contributed by atoms with Crippen molar-refractivity contribution >= 4 is 28.3 Å². The minimum Gasteiger partial charge on any atom is -0.493 e. The largest absolute Gasteiger partial charge is 0.493 e. The molecule has 2 aliphatic carbocycles. The third-order valence-electron chi connectivity index (χ3n) is 8.75. The van der Waals surface area contributed by atoms with Crippen molar-refractivity contribution in [2.24, 2.45) is 16.7 Å². The Labute approximate surface area is 228 Å². The number of thiazole rings is 1. The monoisotopic (exact) mass is 545 g/mol. The van der Waals surface area contributed by atoms with Crippen molar-refractivity contribution in [1.82, 2.24) is 10.3 Å². The van der Waals surface area contributed by atoms with E-state index < -0.39 is 11.5 Å². The summed E-state index contributed by atoms with van der Waals surface area (Å²) in [4.78, 5) is 30.8. The SMILES string of the molecule is COc1ccc(CCNC(=O)CC2c3nc(NC(C)=O)sc3CC3C(C)(CO)C(O)CCC23C)cc1OC. The maximum Gasteiger partial charge on any atom is 0.223 e. The molecule has 9 nitrogen and oxygen atoms in total. The fourth-order valence-corrected chi connectivity index (χ4v) is 7.60. The van der Waals surface area contributed by atoms with E-state index in [4.69, 9.17) is 14.5 Å². The molecule has 5 unspecified atom stereocenters. The van der Waals surface area contributed by atoms with Gasteiger partial charge in [0, 0.05) is 36.1 Å². The average molecular weight is 546 g/mol. The molecule has 4 N–H and O–H groups in total. The summed E-state index contributed by atoms with van der Waals surface area (Å²) >= 11 is 1.42. The highest BCUT2D eigenvalue weighted by Crippen LogP contribution is 2.62. The van der Waals surface area contributed by atoms with Crippen molar-refractivity contribution in [3.63, 3.8) is 0 Å². The van der Waals surface area contributed by atoms with Gasteiger partial charge in [0.05, 0.1) is 32.6 Å². The number of anilines is 1. The second kappa shape index (κ2) is 11.2. The van der Waals surface area contributed by atoms with Crippen LogP contribution in [0.5, 0.6) is 11.5 Å². The number of hydrogen-bond acceptors (Lipinski definition) is 8. The van der Waals surface area contributed by atoms with E-state index in [2.05, 4.69) is 17.6 Å². The second-order valence-corrected chi connectivity index (χ2v) is 12.1. The summed E-state index contributed by atoms with van der Waals surface area (Å²) in [6.07, 6.45) is 2.19. The summed E-state index contributed by atoms with van der Waals surface area (Å²) in [5.41, 5.74) is 0.843. The molecular weight excluding hydrogens is 506 g/mol. The van der Waals surface area contributed by atoms with Gasteiger partial charge in [0.2, 0.25) is 11.8 Å². The first-order chi connectivity index (χ1) is 18.0. The number of rotatable bonds is 9. The quantitative estimate of drug-likeness (QED) is 0.380. The molecule has 2 amide bonds. The van der Waals surface area contributed by atoms with Crippen LogP contribution in [0.2, 0.25) is 0 Å². The van der Waals surface area contributed by atoms with E-state index >= 15 is 0 Å². The van der Waals surface area contributed by atoms with Gasteiger partial charge in [-0.25, -0.2) is 4.98 Å². The molecule has 1 aromatic carbocycles. The normalized spacial score (nSPS) is 28.1. The van der Waals surface area contributed by atoms with Gasteiger partial charge in [-0.3, -0.25) is 9.59 Å². The first kappa shape index (κ1) is 28.3. The van der Waals surface area contributed by atoms with E-state index in [0.29, 0.717) is 42.4 Å². The number of carbonyl (C=O) groups excluding carboxylic acids is 2. The first-order valence-corrected chi connectivity index (χ1v) is 13.9. The Morgan fingerprint density at radius 2 is 1.95 bits per heavy atom. The minimum atomic E-state index is -0.689. The fourth-order valence-electron chi connectivity index (χ4n) is 6.49. The number of nitrogens with zero attached hydrogens (tertiary/aromatic N) is 1. The lowest BCUT2D eigenvalue weighted by Gasteiger charge is -2.58. The van der Waals surface area contributed by atoms with Crippen LogP contribution in [0.25, 0.3) is 0 Å². The molecule has 1 fully saturated rings. The van der Waals surface area contributed by atoms with E-state index in [0.717, 1.165) is 22.6 Å². The second-order valence-electron chi connectivity index (χ2n) is 11.0. The van der Waals surface area contributed by atoms with E-state index in [1.807, 2.05) is 25.1 Å². The molecular formula is C28H39N3O6S. The number of aliphatic hydroxyl groups excluding tert-OH is 2. The van der Waals surface area contributed by atoms with Crippen molar-refractivity contribution in [3.8, 4) is 11.5 Å². The number of aliphatic hydroxyl groups is 2. The Morgan fingerprint density at radius 3 is 2.61 bits per heavy atom. The summed E-state index contributed by atoms with van der Waals surface area (Å²) in [6.45, 7) is 5.89. The number of amides is 2. The van der Waals surface area contributed by atoms with Crippen LogP contribution >= 0.6 is 11.3 Å². The highest BCUT2D eigenvalue weighted by Gasteiger charge is 2.59. The number of nitrogens with one attached hydrogen (secondary N) is 2. The number of carbonyl (C=O) groups is 2. The fraction of sp³-hybridized carbons (Fsp3) is 0.607. The van der Waals surface area contributed by atoms with Crippen LogP contribution < -0.4 is 20.1 Å². The van der Waals surface area contributed by atoms with Gasteiger partial charge in [-0.05, 0) is 54.7 Å². The topological polar surface area (TPSA) is 130 Å². The molecule has 0 saturated heterocycles. The predicted octanol–water partition coefficient (Wildman–Crippen LogP) is 3.28. The van der Waals surface area contributed by atoms with Crippen LogP contribution in [0.1, 0.15) is 62.1 Å². The van der Waals surface area contributed by atoms with E-state index in [9.17, 15) is 19.8 Å². The highest BCUT2D eigenvalue weighted by molar-refractivity contribution is 7.15. The number of methoxy groups -OCH3 is 2. The molecule has 10 heteroatoms. The maximum absolute atomic E-state index is 13.3. The van der Waals surface area contributed by atoms with Gasteiger partial charge in [-0.15, -0.1) is 11.3 Å². The van der Waals surface area contributed by atoms with Gasteiger partial charge in [0.25, 0.3) is 0 Å². The van der Waals surface area contributed by atoms with Crippen LogP contribution in [-0.4, -0.2) is 60.5 Å². The molecule has 208 valence electrons. The lowest BCUT2D eigenvalue weighted by molar-refractivity contribution is -0.144. The zero-order valence-corrected chi connectivity index (χ0v) is 23.6. The molecule has 2 aliphatic rings. The molecule has 1 aromatic heterocycles. The Balaban J connectivity index is 1.54. The molecule has 0 bridgehead atoms. The van der Waals surface area contributed by atoms with E-state index in [1.165, 1.54) is 18.3 Å². The summed E-state index contributed by atoms with van der Waals surface area (Å²) in [6, 6.07) is 5.71. The Kier molecular flexibility index (Phi) is 8.34. The van der Waals surface area contributed by atoms with Crippen LogP contribution in [0, 0.1) is 16.7 Å². The van der Waals surface area contributed by atoms with Crippen LogP contribution in [0.3, 0.4) is 0 Å². The van der Waals surface area contributed by atoms with Crippen LogP contribution in [-0.2, 0) is 22.4 Å². The molecule has 1 saturated carbocycles. The zero-order chi connectivity index (χ0) is 27.7. The van der Waals surface area contributed by atoms with E-state index in [1.54, 1.807) is 14.2 Å². The molecule has 0 radical (unpaired) electrons. The van der Waals surface area contributed by atoms with Gasteiger partial charge in [-0.1, -0.05) is 19.9 Å². The van der Waals surface area contributed by atoms with Crippen molar-refractivity contribution in [1.29, 1.82) is 0 Å². The lowest BCUT2D eigenvalue weighted by atomic mass is 9.47. The number of ether oxygens (including phenoxy) is 2. The van der Waals surface area contributed by atoms with Crippen molar-refractivity contribution < 1.29 is 29.3 Å². The summed E-state index contributed by atoms with van der Waals surface area (Å²) < 4.78 is 10.7. The number of fused-ring (bicyclic) bond motifs is 2. The van der Waals surface area contributed by atoms with Gasteiger partial charge < -0.3 is 30.3 Å². The maximum atomic E-state index is 13.3. The standard InChI is InChI=1S/C28H39N3O6S/c1-16(33)30-26-31-25-18(13-24(35)29-11-9-17-6-7-19(36-4)20(12-17)37-5)27(2)10-8-23(34)28(3,15-32)22(27)14-21(25)38-26/h6-7,12,18,22-23,32,34H,8-11,13-15H2,1-5H3,(H,29,35)(H,30,31,33). The first-order valence-electron chi connectivity index (χ1n) is 13.1. The van der Waals surface area contributed by atoms with Gasteiger partial charge >= 0.3 is 0 Å². The molecule has 2 aromatic rings.